The summed E-state index contributed by atoms with van der Waals surface area (Å²) >= 11 is 3.37. The molecular weight excluding hydrogens is 224 g/mol. The Balaban J connectivity index is 4.62. The summed E-state index contributed by atoms with van der Waals surface area (Å²) in [6, 6.07) is 0. The van der Waals surface area contributed by atoms with Gasteiger partial charge in [-0.15, -0.1) is 0 Å². The molecule has 76 valence electrons. The van der Waals surface area contributed by atoms with Crippen LogP contribution in [0.5, 0.6) is 0 Å². The normalized spacial score (nSPS) is 14.5. The van der Waals surface area contributed by atoms with Crippen molar-refractivity contribution >= 4 is 15.9 Å². The van der Waals surface area contributed by atoms with Gasteiger partial charge in [-0.05, 0) is 11.3 Å². The Morgan fingerprint density at radius 1 is 1.31 bits per heavy atom. The predicted octanol–water partition coefficient (Wildman–Crippen LogP) is 4.57. The van der Waals surface area contributed by atoms with Crippen LogP contribution < -0.4 is 0 Å². The lowest BCUT2D eigenvalue weighted by molar-refractivity contribution is 0.448. The largest absolute Gasteiger partial charge is 0.0883 e. The molecule has 0 aliphatic rings. The highest BCUT2D eigenvalue weighted by molar-refractivity contribution is 9.09. The van der Waals surface area contributed by atoms with Crippen molar-refractivity contribution in [3.05, 3.63) is 23.8 Å². The number of hydrogen-bond donors (Lipinski definition) is 0. The van der Waals surface area contributed by atoms with Crippen LogP contribution in [0.15, 0.2) is 23.8 Å². The van der Waals surface area contributed by atoms with Gasteiger partial charge in [0.1, 0.15) is 0 Å². The molecular formula is C12H21Br. The van der Waals surface area contributed by atoms with Gasteiger partial charge >= 0.3 is 0 Å². The summed E-state index contributed by atoms with van der Waals surface area (Å²) in [4.78, 5) is 0. The van der Waals surface area contributed by atoms with Gasteiger partial charge in [0, 0.05) is 5.33 Å². The van der Waals surface area contributed by atoms with Crippen molar-refractivity contribution in [3.63, 3.8) is 0 Å². The molecule has 13 heavy (non-hydrogen) atoms. The molecule has 0 N–H and O–H groups in total. The SMILES string of the molecule is CC(C)/C(=C\C=C/CBr)C(C)(C)C. The predicted molar refractivity (Wildman–Crippen MR) is 65.3 cm³/mol. The van der Waals surface area contributed by atoms with Gasteiger partial charge in [-0.2, -0.15) is 0 Å². The average Bonchev–Trinajstić information content (AvgIpc) is 1.94. The molecule has 0 atom stereocenters. The van der Waals surface area contributed by atoms with Crippen molar-refractivity contribution in [2.75, 3.05) is 5.33 Å². The molecule has 0 fully saturated rings. The molecule has 0 aliphatic carbocycles. The van der Waals surface area contributed by atoms with Crippen LogP contribution in [-0.4, -0.2) is 5.33 Å². The molecule has 0 spiro atoms. The topological polar surface area (TPSA) is 0 Å². The van der Waals surface area contributed by atoms with E-state index in [1.165, 1.54) is 5.57 Å². The molecule has 0 saturated heterocycles. The quantitative estimate of drug-likeness (QED) is 0.505. The summed E-state index contributed by atoms with van der Waals surface area (Å²) in [5.41, 5.74) is 1.79. The second-order valence-corrected chi connectivity index (χ2v) is 5.26. The van der Waals surface area contributed by atoms with E-state index in [1.54, 1.807) is 0 Å². The van der Waals surface area contributed by atoms with Crippen molar-refractivity contribution in [1.82, 2.24) is 0 Å². The van der Waals surface area contributed by atoms with E-state index in [4.69, 9.17) is 0 Å². The summed E-state index contributed by atoms with van der Waals surface area (Å²) in [7, 11) is 0. The van der Waals surface area contributed by atoms with Crippen LogP contribution in [0.25, 0.3) is 0 Å². The molecule has 0 unspecified atom stereocenters. The molecule has 0 aliphatic heterocycles. The maximum absolute atomic E-state index is 3.37. The van der Waals surface area contributed by atoms with Gasteiger partial charge in [-0.25, -0.2) is 0 Å². The molecule has 0 amide bonds. The van der Waals surface area contributed by atoms with Gasteiger partial charge in [-0.1, -0.05) is 74.3 Å². The minimum Gasteiger partial charge on any atom is -0.0883 e. The zero-order valence-electron chi connectivity index (χ0n) is 9.39. The Kier molecular flexibility index (Phi) is 5.62. The summed E-state index contributed by atoms with van der Waals surface area (Å²) in [6.45, 7) is 11.3. The fourth-order valence-electron chi connectivity index (χ4n) is 1.53. The average molecular weight is 245 g/mol. The number of halogens is 1. The van der Waals surface area contributed by atoms with Crippen molar-refractivity contribution in [2.45, 2.75) is 34.6 Å². The second kappa shape index (κ2) is 5.64. The Morgan fingerprint density at radius 3 is 2.15 bits per heavy atom. The highest BCUT2D eigenvalue weighted by Gasteiger charge is 2.18. The third-order valence-corrected chi connectivity index (χ3v) is 2.36. The van der Waals surface area contributed by atoms with E-state index in [1.807, 2.05) is 0 Å². The zero-order valence-corrected chi connectivity index (χ0v) is 11.0. The van der Waals surface area contributed by atoms with Crippen molar-refractivity contribution < 1.29 is 0 Å². The minimum absolute atomic E-state index is 0.283. The van der Waals surface area contributed by atoms with Gasteiger partial charge in [0.05, 0.1) is 0 Å². The monoisotopic (exact) mass is 244 g/mol. The molecule has 0 radical (unpaired) electrons. The summed E-state index contributed by atoms with van der Waals surface area (Å²) in [5.74, 6) is 0.625. The van der Waals surface area contributed by atoms with Crippen molar-refractivity contribution in [2.24, 2.45) is 11.3 Å². The second-order valence-electron chi connectivity index (χ2n) is 4.61. The van der Waals surface area contributed by atoms with Crippen molar-refractivity contribution in [3.8, 4) is 0 Å². The van der Waals surface area contributed by atoms with E-state index < -0.39 is 0 Å². The fourth-order valence-corrected chi connectivity index (χ4v) is 1.75. The summed E-state index contributed by atoms with van der Waals surface area (Å²) in [6.07, 6.45) is 6.50. The van der Waals surface area contributed by atoms with Gasteiger partial charge in [0.2, 0.25) is 0 Å². The van der Waals surface area contributed by atoms with E-state index in [0.717, 1.165) is 5.33 Å². The fraction of sp³-hybridized carbons (Fsp3) is 0.667. The van der Waals surface area contributed by atoms with E-state index in [-0.39, 0.29) is 5.41 Å². The number of alkyl halides is 1. The first-order valence-corrected chi connectivity index (χ1v) is 5.95. The highest BCUT2D eigenvalue weighted by atomic mass is 79.9. The highest BCUT2D eigenvalue weighted by Crippen LogP contribution is 2.30. The van der Waals surface area contributed by atoms with Gasteiger partial charge < -0.3 is 0 Å². The van der Waals surface area contributed by atoms with E-state index in [2.05, 4.69) is 68.8 Å². The maximum atomic E-state index is 3.37. The number of rotatable bonds is 3. The zero-order chi connectivity index (χ0) is 10.5. The first-order chi connectivity index (χ1) is 5.89. The van der Waals surface area contributed by atoms with E-state index in [0.29, 0.717) is 5.92 Å². The molecule has 1 heteroatoms. The van der Waals surface area contributed by atoms with Crippen LogP contribution in [0, 0.1) is 11.3 Å². The molecule has 0 aromatic heterocycles. The van der Waals surface area contributed by atoms with Crippen LogP contribution in [-0.2, 0) is 0 Å². The Hall–Kier alpha value is -0.0400. The molecule has 0 rings (SSSR count). The molecule has 0 nitrogen and oxygen atoms in total. The number of hydrogen-bond acceptors (Lipinski definition) is 0. The van der Waals surface area contributed by atoms with Crippen LogP contribution >= 0.6 is 15.9 Å². The third-order valence-electron chi connectivity index (χ3n) is 1.99. The Bertz CT molecular complexity index is 192. The standard InChI is InChI=1S/C12H21Br/c1-10(2)11(12(3,4)5)8-6-7-9-13/h6-8,10H,9H2,1-5H3/b7-6-,11-8+. The van der Waals surface area contributed by atoms with Gasteiger partial charge in [0.25, 0.3) is 0 Å². The smallest absolute Gasteiger partial charge is 0.0215 e. The molecule has 0 bridgehead atoms. The third kappa shape index (κ3) is 5.30. The summed E-state index contributed by atoms with van der Waals surface area (Å²) in [5, 5.41) is 0.930. The molecule has 0 aromatic carbocycles. The van der Waals surface area contributed by atoms with Crippen LogP contribution in [0.4, 0.5) is 0 Å². The van der Waals surface area contributed by atoms with Crippen LogP contribution in [0.2, 0.25) is 0 Å². The van der Waals surface area contributed by atoms with E-state index >= 15 is 0 Å². The minimum atomic E-state index is 0.283. The Morgan fingerprint density at radius 2 is 1.85 bits per heavy atom. The lowest BCUT2D eigenvalue weighted by atomic mass is 9.80. The van der Waals surface area contributed by atoms with Gasteiger partial charge in [-0.3, -0.25) is 0 Å². The summed E-state index contributed by atoms with van der Waals surface area (Å²) < 4.78 is 0. The van der Waals surface area contributed by atoms with Gasteiger partial charge in [0.15, 0.2) is 0 Å². The first kappa shape index (κ1) is 13.0. The lowest BCUT2D eigenvalue weighted by Gasteiger charge is -2.26. The molecule has 0 heterocycles. The number of allylic oxidation sites excluding steroid dienone is 4. The lowest BCUT2D eigenvalue weighted by Crippen LogP contribution is -2.13. The molecule has 0 saturated carbocycles. The van der Waals surface area contributed by atoms with E-state index in [9.17, 15) is 0 Å². The Labute approximate surface area is 91.2 Å². The van der Waals surface area contributed by atoms with Crippen molar-refractivity contribution in [1.29, 1.82) is 0 Å². The maximum Gasteiger partial charge on any atom is 0.0215 e. The molecule has 0 aromatic rings. The first-order valence-electron chi connectivity index (χ1n) is 4.82. The van der Waals surface area contributed by atoms with Crippen LogP contribution in [0.3, 0.4) is 0 Å². The van der Waals surface area contributed by atoms with Crippen LogP contribution in [0.1, 0.15) is 34.6 Å².